The van der Waals surface area contributed by atoms with Crippen LogP contribution in [0.3, 0.4) is 0 Å². The van der Waals surface area contributed by atoms with Gasteiger partial charge in [0.1, 0.15) is 24.7 Å². The highest BCUT2D eigenvalue weighted by atomic mass is 32.2. The van der Waals surface area contributed by atoms with E-state index in [9.17, 15) is 42.7 Å². The minimum absolute atomic E-state index is 0.00817. The van der Waals surface area contributed by atoms with Crippen molar-refractivity contribution in [1.29, 1.82) is 0 Å². The van der Waals surface area contributed by atoms with Crippen LogP contribution in [0.15, 0.2) is 44.9 Å². The number of carbonyl (C=O) groups is 5. The summed E-state index contributed by atoms with van der Waals surface area (Å²) in [6.07, 6.45) is 5.21. The molecule has 0 unspecified atom stereocenters. The molecule has 1 aliphatic carbocycles. The van der Waals surface area contributed by atoms with E-state index in [1.165, 1.54) is 24.3 Å². The zero-order valence-corrected chi connectivity index (χ0v) is 30.5. The molecule has 5 N–H and O–H groups in total. The van der Waals surface area contributed by atoms with Crippen molar-refractivity contribution in [2.45, 2.75) is 112 Å². The fourth-order valence-corrected chi connectivity index (χ4v) is 7.73. The highest BCUT2D eigenvalue weighted by molar-refractivity contribution is 7.91. The number of aliphatic carboxylic acids is 3. The maximum absolute atomic E-state index is 13.1. The van der Waals surface area contributed by atoms with Gasteiger partial charge in [-0.3, -0.25) is 29.1 Å². The zero-order valence-electron chi connectivity index (χ0n) is 29.7. The molecule has 2 aliphatic rings. The normalized spacial score (nSPS) is 19.8. The SMILES string of the molecule is CCC[C@H](N[C@@H](C)C(=O)N1[C@H](C(=O)O)C[C@@H]2CCCC[C@@H]21)C(=O)OCC.O=C(O)C[C@H](NCCOc1no[n+]([O-])c1S(=O)(=O)c1ccccc1)C(=O)O. The Morgan fingerprint density at radius 2 is 1.75 bits per heavy atom. The Morgan fingerprint density at radius 3 is 2.36 bits per heavy atom. The molecule has 1 amide bonds. The van der Waals surface area contributed by atoms with E-state index in [1.807, 2.05) is 6.92 Å². The molecule has 53 heavy (non-hydrogen) atoms. The van der Waals surface area contributed by atoms with E-state index in [0.717, 1.165) is 32.1 Å². The third-order valence-corrected chi connectivity index (χ3v) is 10.6. The lowest BCUT2D eigenvalue weighted by Crippen LogP contribution is -2.55. The van der Waals surface area contributed by atoms with Crippen LogP contribution in [0.5, 0.6) is 5.88 Å². The molecule has 1 aliphatic heterocycles. The van der Waals surface area contributed by atoms with Crippen LogP contribution >= 0.6 is 0 Å². The highest BCUT2D eigenvalue weighted by Gasteiger charge is 2.48. The van der Waals surface area contributed by atoms with Gasteiger partial charge in [0, 0.05) is 12.6 Å². The lowest BCUT2D eigenvalue weighted by atomic mass is 9.84. The largest absolute Gasteiger partial charge is 0.481 e. The van der Waals surface area contributed by atoms with Crippen molar-refractivity contribution >= 4 is 39.6 Å². The molecule has 2 aromatic rings. The molecule has 0 radical (unpaired) electrons. The standard InChI is InChI=1S/C19H32N2O5.C14H15N3O9S/c1-4-8-14(19(25)26-5-2)20-12(3)17(22)21-15-10-7-6-9-13(15)11-16(21)18(23)24;18-11(19)8-10(14(20)21)15-6-7-25-12-13(17(22)26-16-12)27(23,24)9-4-2-1-3-5-9/h12-16,20H,4-11H2,1-3H3,(H,23,24);1-5,10,15H,6-8H2,(H,18,19)(H,20,21)/t12-,13-,14-,15-,16-;10-/m00/s1. The first-order valence-corrected chi connectivity index (χ1v) is 18.8. The van der Waals surface area contributed by atoms with E-state index < -0.39 is 69.2 Å². The first-order chi connectivity index (χ1) is 25.1. The van der Waals surface area contributed by atoms with Crippen molar-refractivity contribution in [3.8, 4) is 5.88 Å². The number of carbonyl (C=O) groups excluding carboxylic acids is 2. The molecule has 294 valence electrons. The van der Waals surface area contributed by atoms with E-state index in [0.29, 0.717) is 19.4 Å². The first kappa shape index (κ1) is 42.6. The number of nitrogens with one attached hydrogen (secondary N) is 2. The first-order valence-electron chi connectivity index (χ1n) is 17.3. The van der Waals surface area contributed by atoms with Crippen molar-refractivity contribution in [3.05, 3.63) is 35.5 Å². The quantitative estimate of drug-likeness (QED) is 0.0802. The van der Waals surface area contributed by atoms with Gasteiger partial charge in [0.2, 0.25) is 5.91 Å². The number of carboxylic acids is 3. The van der Waals surface area contributed by atoms with Crippen LogP contribution in [0, 0.1) is 11.1 Å². The number of nitrogens with zero attached hydrogens (tertiary/aromatic N) is 3. The van der Waals surface area contributed by atoms with E-state index in [2.05, 4.69) is 20.4 Å². The second-order valence-corrected chi connectivity index (χ2v) is 14.4. The number of ether oxygens (including phenoxy) is 2. The van der Waals surface area contributed by atoms with Crippen LogP contribution in [0.1, 0.15) is 72.1 Å². The van der Waals surface area contributed by atoms with Gasteiger partial charge >= 0.3 is 34.8 Å². The topological polar surface area (TPSA) is 279 Å². The maximum Gasteiger partial charge on any atom is 0.415 e. The number of aromatic nitrogens is 2. The minimum Gasteiger partial charge on any atom is -0.481 e. The van der Waals surface area contributed by atoms with Gasteiger partial charge in [-0.15, -0.1) is 0 Å². The van der Waals surface area contributed by atoms with Gasteiger partial charge in [-0.05, 0) is 62.5 Å². The summed E-state index contributed by atoms with van der Waals surface area (Å²) in [6.45, 7) is 5.27. The number of carboxylic acid groups (broad SMARTS) is 3. The number of rotatable bonds is 18. The number of esters is 1. The van der Waals surface area contributed by atoms with Crippen molar-refractivity contribution in [2.24, 2.45) is 5.92 Å². The number of amides is 1. The molecule has 1 aromatic heterocycles. The lowest BCUT2D eigenvalue weighted by molar-refractivity contribution is -0.832. The number of hydrogen-bond acceptors (Lipinski definition) is 14. The molecule has 20 heteroatoms. The zero-order chi connectivity index (χ0) is 39.3. The Balaban J connectivity index is 0.000000286. The van der Waals surface area contributed by atoms with Gasteiger partial charge in [-0.25, -0.2) is 13.2 Å². The molecule has 2 fully saturated rings. The number of fused-ring (bicyclic) bond motifs is 1. The van der Waals surface area contributed by atoms with Gasteiger partial charge in [-0.1, -0.05) is 44.4 Å². The Hall–Kier alpha value is -4.82. The van der Waals surface area contributed by atoms with E-state index in [-0.39, 0.29) is 46.8 Å². The van der Waals surface area contributed by atoms with E-state index in [1.54, 1.807) is 24.8 Å². The Morgan fingerprint density at radius 1 is 1.08 bits per heavy atom. The summed E-state index contributed by atoms with van der Waals surface area (Å²) in [5.74, 6) is -4.52. The molecule has 4 rings (SSSR count). The second-order valence-electron chi connectivity index (χ2n) is 12.6. The molecule has 2 heterocycles. The fourth-order valence-electron chi connectivity index (χ4n) is 6.44. The summed E-state index contributed by atoms with van der Waals surface area (Å²) < 4.78 is 39.5. The fraction of sp³-hybridized carbons (Fsp3) is 0.606. The van der Waals surface area contributed by atoms with Gasteiger partial charge in [0.05, 0.1) is 29.1 Å². The molecule has 6 atom stereocenters. The second kappa shape index (κ2) is 19.9. The summed E-state index contributed by atoms with van der Waals surface area (Å²) in [5, 5.41) is 46.7. The number of likely N-dealkylation sites (tertiary alicyclic amines) is 1. The Bertz CT molecular complexity index is 1670. The van der Waals surface area contributed by atoms with Crippen LogP contribution < -0.4 is 20.3 Å². The summed E-state index contributed by atoms with van der Waals surface area (Å²) in [5.41, 5.74) is 0. The molecule has 1 aromatic carbocycles. The molecule has 1 saturated carbocycles. The minimum atomic E-state index is -4.26. The van der Waals surface area contributed by atoms with Gasteiger partial charge < -0.3 is 40.2 Å². The summed E-state index contributed by atoms with van der Waals surface area (Å²) in [6, 6.07) is 3.79. The highest BCUT2D eigenvalue weighted by Crippen LogP contribution is 2.40. The van der Waals surface area contributed by atoms with Crippen LogP contribution in [0.25, 0.3) is 0 Å². The van der Waals surface area contributed by atoms with Crippen molar-refractivity contribution in [3.63, 3.8) is 0 Å². The average molecular weight is 770 g/mol. The van der Waals surface area contributed by atoms with E-state index in [4.69, 9.17) is 19.7 Å². The van der Waals surface area contributed by atoms with Gasteiger partial charge in [0.15, 0.2) is 0 Å². The smallest absolute Gasteiger partial charge is 0.415 e. The van der Waals surface area contributed by atoms with Crippen LogP contribution in [-0.4, -0.2) is 114 Å². The number of benzene rings is 1. The van der Waals surface area contributed by atoms with Crippen molar-refractivity contribution in [2.75, 3.05) is 19.8 Å². The predicted octanol–water partition coefficient (Wildman–Crippen LogP) is 0.978. The molecule has 1 saturated heterocycles. The molecular formula is C33H47N5O14S. The summed E-state index contributed by atoms with van der Waals surface area (Å²) in [4.78, 5) is 59.5. The van der Waals surface area contributed by atoms with Gasteiger partial charge in [-0.2, -0.15) is 0 Å². The average Bonchev–Trinajstić information content (AvgIpc) is 3.70. The maximum atomic E-state index is 13.1. The monoisotopic (exact) mass is 769 g/mol. The molecule has 19 nitrogen and oxygen atoms in total. The molecule has 0 bridgehead atoms. The third-order valence-electron chi connectivity index (χ3n) is 8.86. The van der Waals surface area contributed by atoms with Crippen molar-refractivity contribution in [1.82, 2.24) is 20.7 Å². The third kappa shape index (κ3) is 11.3. The lowest BCUT2D eigenvalue weighted by Gasteiger charge is -2.35. The number of sulfone groups is 1. The molecular weight excluding hydrogens is 722 g/mol. The predicted molar refractivity (Wildman–Crippen MR) is 181 cm³/mol. The summed E-state index contributed by atoms with van der Waals surface area (Å²) in [7, 11) is -4.26. The van der Waals surface area contributed by atoms with Crippen molar-refractivity contribution < 1.29 is 66.7 Å². The van der Waals surface area contributed by atoms with Crippen LogP contribution in [0.4, 0.5) is 0 Å². The Labute approximate surface area is 306 Å². The summed E-state index contributed by atoms with van der Waals surface area (Å²) >= 11 is 0. The van der Waals surface area contributed by atoms with Crippen LogP contribution in [0.2, 0.25) is 0 Å². The molecule has 0 spiro atoms. The van der Waals surface area contributed by atoms with Crippen LogP contribution in [-0.2, 0) is 38.5 Å². The number of hydrogen-bond donors (Lipinski definition) is 5. The van der Waals surface area contributed by atoms with Gasteiger partial charge in [0.25, 0.3) is 9.84 Å². The van der Waals surface area contributed by atoms with E-state index >= 15 is 0 Å². The Kier molecular flexibility index (Phi) is 16.0.